The van der Waals surface area contributed by atoms with Gasteiger partial charge in [-0.15, -0.1) is 5.10 Å². The topological polar surface area (TPSA) is 83.6 Å². The molecule has 0 radical (unpaired) electrons. The number of methoxy groups -OCH3 is 2. The summed E-state index contributed by atoms with van der Waals surface area (Å²) in [5.41, 5.74) is 0.711. The zero-order valence-electron chi connectivity index (χ0n) is 14.1. The van der Waals surface area contributed by atoms with E-state index in [0.717, 1.165) is 4.68 Å². The molecule has 134 valence electrons. The first-order valence-corrected chi connectivity index (χ1v) is 7.61. The lowest BCUT2D eigenvalue weighted by molar-refractivity contribution is 0.0962. The Balaban J connectivity index is 1.86. The maximum Gasteiger partial charge on any atom is 0.437 e. The number of Topliss-reactive ketones (excluding diaryl/α,β-unsaturated/α-hetero) is 1. The molecule has 3 rings (SSSR count). The molecule has 0 N–H and O–H groups in total. The third-order valence-electron chi connectivity index (χ3n) is 3.70. The van der Waals surface area contributed by atoms with Crippen LogP contribution in [0.2, 0.25) is 0 Å². The van der Waals surface area contributed by atoms with Gasteiger partial charge in [0, 0.05) is 11.6 Å². The Kier molecular flexibility index (Phi) is 4.83. The fraction of sp³-hybridized carbons (Fsp3) is 0.167. The molecule has 0 aliphatic heterocycles. The molecule has 0 spiro atoms. The van der Waals surface area contributed by atoms with Crippen molar-refractivity contribution in [2.45, 2.75) is 6.54 Å². The van der Waals surface area contributed by atoms with Crippen LogP contribution in [0.5, 0.6) is 11.5 Å². The van der Waals surface area contributed by atoms with Gasteiger partial charge in [-0.25, -0.2) is 9.18 Å². The van der Waals surface area contributed by atoms with Gasteiger partial charge in [-0.2, -0.15) is 4.68 Å². The second-order valence-electron chi connectivity index (χ2n) is 5.33. The highest BCUT2D eigenvalue weighted by Gasteiger charge is 2.18. The van der Waals surface area contributed by atoms with Gasteiger partial charge in [0.05, 0.1) is 19.8 Å². The summed E-state index contributed by atoms with van der Waals surface area (Å²) < 4.78 is 29.2. The maximum atomic E-state index is 13.0. The van der Waals surface area contributed by atoms with Gasteiger partial charge in [-0.1, -0.05) is 0 Å². The smallest absolute Gasteiger partial charge is 0.437 e. The van der Waals surface area contributed by atoms with Crippen molar-refractivity contribution in [2.75, 3.05) is 14.2 Å². The van der Waals surface area contributed by atoms with Crippen molar-refractivity contribution in [3.63, 3.8) is 0 Å². The Morgan fingerprint density at radius 1 is 1.15 bits per heavy atom. The largest absolute Gasteiger partial charge is 0.497 e. The third-order valence-corrected chi connectivity index (χ3v) is 3.70. The van der Waals surface area contributed by atoms with E-state index in [2.05, 4.69) is 5.10 Å². The Labute approximate surface area is 147 Å². The second kappa shape index (κ2) is 7.22. The van der Waals surface area contributed by atoms with E-state index < -0.39 is 11.6 Å². The average molecular weight is 358 g/mol. The first-order chi connectivity index (χ1) is 12.5. The summed E-state index contributed by atoms with van der Waals surface area (Å²) in [6, 6.07) is 10.0. The Morgan fingerprint density at radius 3 is 2.54 bits per heavy atom. The molecule has 2 aromatic carbocycles. The zero-order chi connectivity index (χ0) is 18.7. The van der Waals surface area contributed by atoms with Gasteiger partial charge in [0.1, 0.15) is 23.9 Å². The highest BCUT2D eigenvalue weighted by atomic mass is 19.1. The maximum absolute atomic E-state index is 13.0. The highest BCUT2D eigenvalue weighted by Crippen LogP contribution is 2.25. The summed E-state index contributed by atoms with van der Waals surface area (Å²) in [7, 11) is 2.93. The number of hydrogen-bond acceptors (Lipinski definition) is 6. The monoisotopic (exact) mass is 358 g/mol. The van der Waals surface area contributed by atoms with Crippen molar-refractivity contribution in [1.29, 1.82) is 0 Å². The summed E-state index contributed by atoms with van der Waals surface area (Å²) >= 11 is 0. The van der Waals surface area contributed by atoms with Crippen LogP contribution in [-0.4, -0.2) is 29.8 Å². The molecule has 0 fully saturated rings. The van der Waals surface area contributed by atoms with Gasteiger partial charge in [-0.3, -0.25) is 4.79 Å². The minimum Gasteiger partial charge on any atom is -0.497 e. The van der Waals surface area contributed by atoms with E-state index >= 15 is 0 Å². The van der Waals surface area contributed by atoms with Crippen molar-refractivity contribution in [3.05, 3.63) is 64.4 Å². The van der Waals surface area contributed by atoms with E-state index in [4.69, 9.17) is 13.9 Å². The van der Waals surface area contributed by atoms with Crippen LogP contribution in [0.4, 0.5) is 4.39 Å². The van der Waals surface area contributed by atoms with Crippen molar-refractivity contribution >= 4 is 5.78 Å². The van der Waals surface area contributed by atoms with Crippen LogP contribution in [0.1, 0.15) is 10.4 Å². The van der Waals surface area contributed by atoms with Crippen LogP contribution < -0.4 is 15.2 Å². The van der Waals surface area contributed by atoms with Gasteiger partial charge in [0.25, 0.3) is 0 Å². The minimum absolute atomic E-state index is 0.00416. The molecular weight excluding hydrogens is 343 g/mol. The molecule has 0 saturated heterocycles. The molecule has 7 nitrogen and oxygen atoms in total. The van der Waals surface area contributed by atoms with Crippen LogP contribution in [-0.2, 0) is 6.54 Å². The van der Waals surface area contributed by atoms with E-state index in [1.54, 1.807) is 18.2 Å². The normalized spacial score (nSPS) is 10.6. The predicted octanol–water partition coefficient (Wildman–Crippen LogP) is 2.54. The van der Waals surface area contributed by atoms with E-state index in [-0.39, 0.29) is 23.8 Å². The minimum atomic E-state index is -0.787. The number of benzene rings is 2. The Hall–Kier alpha value is -3.42. The van der Waals surface area contributed by atoms with Crippen LogP contribution in [0.3, 0.4) is 0 Å². The lowest BCUT2D eigenvalue weighted by atomic mass is 10.1. The number of carbonyl (C=O) groups excluding carboxylic acids is 1. The van der Waals surface area contributed by atoms with Crippen molar-refractivity contribution in [2.24, 2.45) is 0 Å². The Bertz CT molecular complexity index is 992. The average Bonchev–Trinajstić information content (AvgIpc) is 3.02. The molecule has 0 aliphatic carbocycles. The first-order valence-electron chi connectivity index (χ1n) is 7.61. The predicted molar refractivity (Wildman–Crippen MR) is 90.0 cm³/mol. The molecule has 0 aliphatic rings. The molecule has 1 heterocycles. The number of ether oxygens (including phenoxy) is 2. The molecule has 8 heteroatoms. The molecule has 0 amide bonds. The van der Waals surface area contributed by atoms with Crippen LogP contribution in [0.25, 0.3) is 11.5 Å². The van der Waals surface area contributed by atoms with Gasteiger partial charge in [-0.05, 0) is 36.4 Å². The SMILES string of the molecule is COc1ccc(C(=O)Cn2nc(-c3ccc(F)cc3)oc2=O)c(OC)c1. The van der Waals surface area contributed by atoms with E-state index in [0.29, 0.717) is 17.1 Å². The van der Waals surface area contributed by atoms with Crippen LogP contribution in [0, 0.1) is 5.82 Å². The first kappa shape index (κ1) is 17.4. The van der Waals surface area contributed by atoms with Crippen molar-refractivity contribution in [1.82, 2.24) is 9.78 Å². The number of aromatic nitrogens is 2. The molecule has 3 aromatic rings. The van der Waals surface area contributed by atoms with Crippen molar-refractivity contribution in [3.8, 4) is 23.0 Å². The highest BCUT2D eigenvalue weighted by molar-refractivity contribution is 5.98. The summed E-state index contributed by atoms with van der Waals surface area (Å²) in [6.07, 6.45) is 0. The molecule has 26 heavy (non-hydrogen) atoms. The van der Waals surface area contributed by atoms with Gasteiger partial charge >= 0.3 is 5.76 Å². The summed E-state index contributed by atoms with van der Waals surface area (Å²) in [5, 5.41) is 3.99. The molecular formula is C18H15FN2O5. The number of hydrogen-bond donors (Lipinski definition) is 0. The molecule has 0 unspecified atom stereocenters. The third kappa shape index (κ3) is 3.49. The molecule has 0 saturated carbocycles. The number of rotatable bonds is 6. The standard InChI is InChI=1S/C18H15FN2O5/c1-24-13-7-8-14(16(9-13)25-2)15(22)10-21-18(23)26-17(20-21)11-3-5-12(19)6-4-11/h3-9H,10H2,1-2H3. The van der Waals surface area contributed by atoms with E-state index in [1.807, 2.05) is 0 Å². The molecule has 0 bridgehead atoms. The quantitative estimate of drug-likeness (QED) is 0.630. The van der Waals surface area contributed by atoms with Gasteiger partial charge in [0.15, 0.2) is 5.78 Å². The summed E-state index contributed by atoms with van der Waals surface area (Å²) in [5.74, 6) is -0.724. The van der Waals surface area contributed by atoms with Gasteiger partial charge in [0.2, 0.25) is 5.89 Å². The summed E-state index contributed by atoms with van der Waals surface area (Å²) in [6.45, 7) is -0.327. The number of ketones is 1. The molecule has 1 aromatic heterocycles. The van der Waals surface area contributed by atoms with E-state index in [1.165, 1.54) is 38.5 Å². The van der Waals surface area contributed by atoms with Gasteiger partial charge < -0.3 is 13.9 Å². The number of carbonyl (C=O) groups is 1. The van der Waals surface area contributed by atoms with Crippen LogP contribution in [0.15, 0.2) is 51.7 Å². The lowest BCUT2D eigenvalue weighted by Gasteiger charge is -2.09. The summed E-state index contributed by atoms with van der Waals surface area (Å²) in [4.78, 5) is 24.5. The fourth-order valence-electron chi connectivity index (χ4n) is 2.37. The lowest BCUT2D eigenvalue weighted by Crippen LogP contribution is -2.22. The fourth-order valence-corrected chi connectivity index (χ4v) is 2.37. The number of nitrogens with zero attached hydrogens (tertiary/aromatic N) is 2. The van der Waals surface area contributed by atoms with Crippen molar-refractivity contribution < 1.29 is 23.1 Å². The number of halogens is 1. The zero-order valence-corrected chi connectivity index (χ0v) is 14.1. The Morgan fingerprint density at radius 2 is 1.88 bits per heavy atom. The van der Waals surface area contributed by atoms with E-state index in [9.17, 15) is 14.0 Å². The second-order valence-corrected chi connectivity index (χ2v) is 5.33. The van der Waals surface area contributed by atoms with Crippen LogP contribution >= 0.6 is 0 Å². The molecule has 0 atom stereocenters.